The van der Waals surface area contributed by atoms with Crippen molar-refractivity contribution < 1.29 is 9.59 Å². The minimum atomic E-state index is -0.193. The van der Waals surface area contributed by atoms with Crippen LogP contribution in [0.4, 0.5) is 5.69 Å². The maximum atomic E-state index is 12.8. The highest BCUT2D eigenvalue weighted by atomic mass is 35.5. The van der Waals surface area contributed by atoms with Crippen LogP contribution in [0.5, 0.6) is 0 Å². The SMILES string of the molecule is CN(C)c1ccc(CNC(=O)[C@@H]2CCCN(C(=O)c3ccccc3Cl)C2)cc1. The van der Waals surface area contributed by atoms with E-state index < -0.39 is 0 Å². The molecule has 0 aromatic heterocycles. The van der Waals surface area contributed by atoms with Gasteiger partial charge in [-0.3, -0.25) is 9.59 Å². The lowest BCUT2D eigenvalue weighted by Crippen LogP contribution is -2.45. The Kier molecular flexibility index (Phi) is 6.57. The molecule has 0 spiro atoms. The Hall–Kier alpha value is -2.53. The van der Waals surface area contributed by atoms with Gasteiger partial charge in [0.25, 0.3) is 5.91 Å². The summed E-state index contributed by atoms with van der Waals surface area (Å²) in [4.78, 5) is 29.2. The van der Waals surface area contributed by atoms with Crippen LogP contribution in [-0.2, 0) is 11.3 Å². The molecular formula is C22H26ClN3O2. The van der Waals surface area contributed by atoms with Gasteiger partial charge in [-0.2, -0.15) is 0 Å². The number of nitrogens with zero attached hydrogens (tertiary/aromatic N) is 2. The van der Waals surface area contributed by atoms with Crippen molar-refractivity contribution in [2.75, 3.05) is 32.1 Å². The Morgan fingerprint density at radius 2 is 1.86 bits per heavy atom. The van der Waals surface area contributed by atoms with E-state index in [0.29, 0.717) is 30.2 Å². The Morgan fingerprint density at radius 1 is 1.14 bits per heavy atom. The minimum absolute atomic E-state index is 0.00616. The number of carbonyl (C=O) groups is 2. The van der Waals surface area contributed by atoms with Crippen molar-refractivity contribution in [1.29, 1.82) is 0 Å². The van der Waals surface area contributed by atoms with Gasteiger partial charge in [0.05, 0.1) is 16.5 Å². The lowest BCUT2D eigenvalue weighted by molar-refractivity contribution is -0.126. The summed E-state index contributed by atoms with van der Waals surface area (Å²) in [5.74, 6) is -0.308. The number of hydrogen-bond donors (Lipinski definition) is 1. The van der Waals surface area contributed by atoms with Crippen LogP contribution in [0, 0.1) is 5.92 Å². The number of carbonyl (C=O) groups excluding carboxylic acids is 2. The summed E-state index contributed by atoms with van der Waals surface area (Å²) in [7, 11) is 3.99. The number of benzene rings is 2. The normalized spacial score (nSPS) is 16.5. The summed E-state index contributed by atoms with van der Waals surface area (Å²) < 4.78 is 0. The molecule has 1 fully saturated rings. The third-order valence-electron chi connectivity index (χ3n) is 5.10. The topological polar surface area (TPSA) is 52.7 Å². The van der Waals surface area contributed by atoms with Gasteiger partial charge in [-0.25, -0.2) is 0 Å². The molecule has 2 aromatic rings. The highest BCUT2D eigenvalue weighted by Gasteiger charge is 2.29. The summed E-state index contributed by atoms with van der Waals surface area (Å²) >= 11 is 6.16. The Balaban J connectivity index is 1.57. The van der Waals surface area contributed by atoms with Crippen LogP contribution < -0.4 is 10.2 Å². The first kappa shape index (κ1) is 20.2. The summed E-state index contributed by atoms with van der Waals surface area (Å²) in [6.45, 7) is 1.57. The molecule has 1 saturated heterocycles. The number of halogens is 1. The maximum Gasteiger partial charge on any atom is 0.255 e. The van der Waals surface area contributed by atoms with E-state index in [-0.39, 0.29) is 17.7 Å². The van der Waals surface area contributed by atoms with Gasteiger partial charge in [-0.15, -0.1) is 0 Å². The lowest BCUT2D eigenvalue weighted by Gasteiger charge is -2.32. The molecule has 1 aliphatic rings. The number of piperidine rings is 1. The molecule has 2 amide bonds. The second kappa shape index (κ2) is 9.11. The molecule has 5 nitrogen and oxygen atoms in total. The molecule has 1 N–H and O–H groups in total. The van der Waals surface area contributed by atoms with Gasteiger partial charge in [0.15, 0.2) is 0 Å². The van der Waals surface area contributed by atoms with Crippen LogP contribution in [0.3, 0.4) is 0 Å². The summed E-state index contributed by atoms with van der Waals surface area (Å²) in [6.07, 6.45) is 1.60. The predicted molar refractivity (Wildman–Crippen MR) is 113 cm³/mol. The first-order valence-electron chi connectivity index (χ1n) is 9.53. The third kappa shape index (κ3) is 4.84. The molecule has 0 aliphatic carbocycles. The average Bonchev–Trinajstić information content (AvgIpc) is 2.72. The standard InChI is InChI=1S/C22H26ClN3O2/c1-25(2)18-11-9-16(10-12-18)14-24-21(27)17-6-5-13-26(15-17)22(28)19-7-3-4-8-20(19)23/h3-4,7-12,17H,5-6,13-15H2,1-2H3,(H,24,27)/t17-/m1/s1. The monoisotopic (exact) mass is 399 g/mol. The van der Waals surface area contributed by atoms with E-state index in [1.807, 2.05) is 43.3 Å². The van der Waals surface area contributed by atoms with Gasteiger partial charge in [0, 0.05) is 39.4 Å². The average molecular weight is 400 g/mol. The molecule has 0 radical (unpaired) electrons. The molecular weight excluding hydrogens is 374 g/mol. The summed E-state index contributed by atoms with van der Waals surface area (Å²) in [6, 6.07) is 15.1. The predicted octanol–water partition coefficient (Wildman–Crippen LogP) is 3.57. The van der Waals surface area contributed by atoms with Crippen molar-refractivity contribution in [3.05, 3.63) is 64.7 Å². The molecule has 3 rings (SSSR count). The zero-order valence-corrected chi connectivity index (χ0v) is 17.1. The molecule has 0 unspecified atom stereocenters. The highest BCUT2D eigenvalue weighted by Crippen LogP contribution is 2.22. The van der Waals surface area contributed by atoms with E-state index in [2.05, 4.69) is 5.32 Å². The number of rotatable bonds is 5. The summed E-state index contributed by atoms with van der Waals surface area (Å²) in [5.41, 5.74) is 2.67. The summed E-state index contributed by atoms with van der Waals surface area (Å²) in [5, 5.41) is 3.46. The van der Waals surface area contributed by atoms with Crippen molar-refractivity contribution in [1.82, 2.24) is 10.2 Å². The van der Waals surface area contributed by atoms with Crippen molar-refractivity contribution in [3.63, 3.8) is 0 Å². The van der Waals surface area contributed by atoms with Crippen molar-refractivity contribution in [2.45, 2.75) is 19.4 Å². The van der Waals surface area contributed by atoms with E-state index in [0.717, 1.165) is 24.1 Å². The molecule has 28 heavy (non-hydrogen) atoms. The fourth-order valence-corrected chi connectivity index (χ4v) is 3.64. The van der Waals surface area contributed by atoms with Gasteiger partial charge < -0.3 is 15.1 Å². The fourth-order valence-electron chi connectivity index (χ4n) is 3.43. The first-order valence-corrected chi connectivity index (χ1v) is 9.91. The Bertz CT molecular complexity index is 836. The molecule has 0 bridgehead atoms. The zero-order valence-electron chi connectivity index (χ0n) is 16.3. The molecule has 1 heterocycles. The number of amides is 2. The zero-order chi connectivity index (χ0) is 20.1. The van der Waals surface area contributed by atoms with Crippen LogP contribution in [0.2, 0.25) is 5.02 Å². The van der Waals surface area contributed by atoms with E-state index >= 15 is 0 Å². The highest BCUT2D eigenvalue weighted by molar-refractivity contribution is 6.33. The molecule has 1 aliphatic heterocycles. The van der Waals surface area contributed by atoms with Gasteiger partial charge in [-0.1, -0.05) is 35.9 Å². The van der Waals surface area contributed by atoms with Gasteiger partial charge in [0.2, 0.25) is 5.91 Å². The number of likely N-dealkylation sites (tertiary alicyclic amines) is 1. The van der Waals surface area contributed by atoms with Crippen LogP contribution in [0.1, 0.15) is 28.8 Å². The lowest BCUT2D eigenvalue weighted by atomic mass is 9.96. The van der Waals surface area contributed by atoms with E-state index in [9.17, 15) is 9.59 Å². The Morgan fingerprint density at radius 3 is 2.54 bits per heavy atom. The van der Waals surface area contributed by atoms with Crippen LogP contribution in [-0.4, -0.2) is 43.9 Å². The van der Waals surface area contributed by atoms with E-state index in [1.54, 1.807) is 29.2 Å². The van der Waals surface area contributed by atoms with Crippen molar-refractivity contribution >= 4 is 29.1 Å². The number of nitrogens with one attached hydrogen (secondary N) is 1. The largest absolute Gasteiger partial charge is 0.378 e. The molecule has 2 aromatic carbocycles. The van der Waals surface area contributed by atoms with Gasteiger partial charge in [0.1, 0.15) is 0 Å². The van der Waals surface area contributed by atoms with E-state index in [4.69, 9.17) is 11.6 Å². The molecule has 148 valence electrons. The molecule has 0 saturated carbocycles. The smallest absolute Gasteiger partial charge is 0.255 e. The van der Waals surface area contributed by atoms with Gasteiger partial charge >= 0.3 is 0 Å². The van der Waals surface area contributed by atoms with Gasteiger partial charge in [-0.05, 0) is 42.7 Å². The molecule has 6 heteroatoms. The van der Waals surface area contributed by atoms with Crippen molar-refractivity contribution in [3.8, 4) is 0 Å². The Labute approximate surface area is 171 Å². The number of anilines is 1. The minimum Gasteiger partial charge on any atom is -0.378 e. The van der Waals surface area contributed by atoms with Crippen LogP contribution in [0.15, 0.2) is 48.5 Å². The molecule has 1 atom stereocenters. The third-order valence-corrected chi connectivity index (χ3v) is 5.43. The van der Waals surface area contributed by atoms with E-state index in [1.165, 1.54) is 0 Å². The fraction of sp³-hybridized carbons (Fsp3) is 0.364. The van der Waals surface area contributed by atoms with Crippen LogP contribution in [0.25, 0.3) is 0 Å². The first-order chi connectivity index (χ1) is 13.5. The second-order valence-corrected chi connectivity index (χ2v) is 7.76. The van der Waals surface area contributed by atoms with Crippen LogP contribution >= 0.6 is 11.6 Å². The second-order valence-electron chi connectivity index (χ2n) is 7.35. The maximum absolute atomic E-state index is 12.8. The van der Waals surface area contributed by atoms with Crippen molar-refractivity contribution in [2.24, 2.45) is 5.92 Å². The number of hydrogen-bond acceptors (Lipinski definition) is 3. The quantitative estimate of drug-likeness (QED) is 0.836.